The van der Waals surface area contributed by atoms with Gasteiger partial charge in [0, 0.05) is 13.3 Å². The number of epoxide rings is 1. The van der Waals surface area contributed by atoms with Crippen molar-refractivity contribution in [3.8, 4) is 0 Å². The first-order chi connectivity index (χ1) is 16.7. The lowest BCUT2D eigenvalue weighted by molar-refractivity contribution is -0.147. The van der Waals surface area contributed by atoms with Crippen LogP contribution >= 0.6 is 0 Å². The maximum absolute atomic E-state index is 11.6. The second kappa shape index (κ2) is 9.70. The molecular weight excluding hydrogens is 448 g/mol. The summed E-state index contributed by atoms with van der Waals surface area (Å²) in [7, 11) is 0. The summed E-state index contributed by atoms with van der Waals surface area (Å²) in [4.78, 5) is 11.6. The molecule has 0 radical (unpaired) electrons. The fourth-order valence-electron chi connectivity index (χ4n) is 8.97. The van der Waals surface area contributed by atoms with Gasteiger partial charge in [-0.3, -0.25) is 4.79 Å². The maximum Gasteiger partial charge on any atom is 0.302 e. The molecule has 1 N–H and O–H groups in total. The molecule has 0 aromatic heterocycles. The van der Waals surface area contributed by atoms with E-state index >= 15 is 0 Å². The predicted molar refractivity (Wildman–Crippen MR) is 146 cm³/mol. The minimum absolute atomic E-state index is 0.0283. The number of aliphatic hydroxyl groups is 1. The number of hydrogen-bond acceptors (Lipinski definition) is 4. The highest BCUT2D eigenvalue weighted by atomic mass is 16.6. The van der Waals surface area contributed by atoms with Crippen LogP contribution < -0.4 is 0 Å². The number of hydrogen-bond donors (Lipinski definition) is 1. The molecular formula is C32H54O4. The Morgan fingerprint density at radius 2 is 1.78 bits per heavy atom. The van der Waals surface area contributed by atoms with E-state index in [1.807, 2.05) is 0 Å². The van der Waals surface area contributed by atoms with Gasteiger partial charge in [0.2, 0.25) is 0 Å². The highest BCUT2D eigenvalue weighted by Gasteiger charge is 2.61. The SMILES string of the molecule is CC[C@H](CC[C@]1(C)C2=C(CCC1C)[C@]1(C)CCC([C@H](C)C(O)CC3OC3(C)C)[C@@]1(C)CC2)OC(C)=O. The number of allylic oxidation sites excluding steroid dienone is 2. The summed E-state index contributed by atoms with van der Waals surface area (Å²) < 4.78 is 11.4. The first-order valence-electron chi connectivity index (χ1n) is 15.0. The molecule has 2 fully saturated rings. The molecule has 3 aliphatic carbocycles. The quantitative estimate of drug-likeness (QED) is 0.200. The molecule has 1 heterocycles. The van der Waals surface area contributed by atoms with Crippen molar-refractivity contribution < 1.29 is 19.4 Å². The summed E-state index contributed by atoms with van der Waals surface area (Å²) in [6, 6.07) is 0. The normalized spacial score (nSPS) is 41.8. The van der Waals surface area contributed by atoms with E-state index in [0.717, 1.165) is 25.7 Å². The third-order valence-corrected chi connectivity index (χ3v) is 12.2. The Morgan fingerprint density at radius 1 is 1.11 bits per heavy atom. The van der Waals surface area contributed by atoms with Crippen LogP contribution in [0.3, 0.4) is 0 Å². The van der Waals surface area contributed by atoms with Gasteiger partial charge in [0.15, 0.2) is 0 Å². The summed E-state index contributed by atoms with van der Waals surface area (Å²) in [6.07, 6.45) is 11.0. The third-order valence-electron chi connectivity index (χ3n) is 12.2. The molecule has 1 saturated heterocycles. The molecule has 0 spiro atoms. The molecule has 36 heavy (non-hydrogen) atoms. The Kier molecular flexibility index (Phi) is 7.59. The number of rotatable bonds is 9. The van der Waals surface area contributed by atoms with Crippen LogP contribution in [0, 0.1) is 34.0 Å². The van der Waals surface area contributed by atoms with Gasteiger partial charge in [-0.25, -0.2) is 0 Å². The van der Waals surface area contributed by atoms with Crippen molar-refractivity contribution in [3.05, 3.63) is 11.1 Å². The molecule has 0 aromatic carbocycles. The van der Waals surface area contributed by atoms with Crippen molar-refractivity contribution in [2.75, 3.05) is 0 Å². The lowest BCUT2D eigenvalue weighted by Crippen LogP contribution is -2.48. The number of carbonyl (C=O) groups excluding carboxylic acids is 1. The van der Waals surface area contributed by atoms with Crippen molar-refractivity contribution in [1.82, 2.24) is 0 Å². The Labute approximate surface area is 221 Å². The molecule has 0 bridgehead atoms. The third kappa shape index (κ3) is 4.61. The highest BCUT2D eigenvalue weighted by molar-refractivity contribution is 5.66. The zero-order valence-corrected chi connectivity index (χ0v) is 24.7. The van der Waals surface area contributed by atoms with Gasteiger partial charge in [-0.1, -0.05) is 52.7 Å². The van der Waals surface area contributed by atoms with Gasteiger partial charge >= 0.3 is 5.97 Å². The zero-order chi connectivity index (χ0) is 26.7. The van der Waals surface area contributed by atoms with E-state index in [9.17, 15) is 9.90 Å². The number of ether oxygens (including phenoxy) is 2. The van der Waals surface area contributed by atoms with E-state index in [1.54, 1.807) is 11.1 Å². The summed E-state index contributed by atoms with van der Waals surface area (Å²) in [5, 5.41) is 11.2. The van der Waals surface area contributed by atoms with E-state index in [1.165, 1.54) is 45.4 Å². The van der Waals surface area contributed by atoms with Crippen LogP contribution in [0.2, 0.25) is 0 Å². The van der Waals surface area contributed by atoms with E-state index in [-0.39, 0.29) is 46.1 Å². The maximum atomic E-state index is 11.6. The predicted octanol–water partition coefficient (Wildman–Crippen LogP) is 7.62. The summed E-state index contributed by atoms with van der Waals surface area (Å²) in [6.45, 7) is 20.3. The first kappa shape index (κ1) is 28.1. The number of aliphatic hydroxyl groups excluding tert-OH is 1. The van der Waals surface area contributed by atoms with Gasteiger partial charge in [0.25, 0.3) is 0 Å². The Morgan fingerprint density at radius 3 is 2.36 bits per heavy atom. The van der Waals surface area contributed by atoms with Gasteiger partial charge in [-0.15, -0.1) is 0 Å². The van der Waals surface area contributed by atoms with Gasteiger partial charge in [-0.05, 0) is 106 Å². The molecule has 4 aliphatic rings. The van der Waals surface area contributed by atoms with E-state index < -0.39 is 0 Å². The first-order valence-corrected chi connectivity index (χ1v) is 15.0. The Balaban J connectivity index is 1.56. The molecule has 9 atom stereocenters. The topological polar surface area (TPSA) is 59.1 Å². The van der Waals surface area contributed by atoms with E-state index in [4.69, 9.17) is 9.47 Å². The van der Waals surface area contributed by atoms with Gasteiger partial charge < -0.3 is 14.6 Å². The van der Waals surface area contributed by atoms with E-state index in [2.05, 4.69) is 55.4 Å². The lowest BCUT2D eigenvalue weighted by Gasteiger charge is -2.57. The standard InChI is InChI=1S/C32H54O4/c1-10-23(35-22(4)33)13-16-30(7)20(2)11-12-26-25(30)15-18-31(8)24(14-17-32(26,31)9)21(3)27(34)19-28-29(5,6)36-28/h20-21,23-24,27-28,34H,10-19H2,1-9H3/t20?,21-,23+,24?,27?,28?,30-,31+,32-/m0/s1. The molecule has 4 rings (SSSR count). The Bertz CT molecular complexity index is 875. The second-order valence-electron chi connectivity index (χ2n) is 14.3. The average Bonchev–Trinajstić information content (AvgIpc) is 3.29. The van der Waals surface area contributed by atoms with Gasteiger partial charge in [0.1, 0.15) is 6.10 Å². The van der Waals surface area contributed by atoms with Crippen LogP contribution in [0.1, 0.15) is 127 Å². The van der Waals surface area contributed by atoms with Crippen molar-refractivity contribution >= 4 is 5.97 Å². The molecule has 0 amide bonds. The number of esters is 1. The fourth-order valence-corrected chi connectivity index (χ4v) is 8.97. The second-order valence-corrected chi connectivity index (χ2v) is 14.3. The van der Waals surface area contributed by atoms with Crippen LogP contribution in [-0.2, 0) is 14.3 Å². The lowest BCUT2D eigenvalue weighted by atomic mass is 9.47. The van der Waals surface area contributed by atoms with Crippen LogP contribution in [0.4, 0.5) is 0 Å². The number of carbonyl (C=O) groups is 1. The summed E-state index contributed by atoms with van der Waals surface area (Å²) >= 11 is 0. The number of fused-ring (bicyclic) bond motifs is 2. The minimum Gasteiger partial charge on any atom is -0.463 e. The fraction of sp³-hybridized carbons (Fsp3) is 0.906. The van der Waals surface area contributed by atoms with Crippen LogP contribution in [0.5, 0.6) is 0 Å². The van der Waals surface area contributed by atoms with Crippen molar-refractivity contribution in [2.24, 2.45) is 34.0 Å². The van der Waals surface area contributed by atoms with Crippen LogP contribution in [0.15, 0.2) is 11.1 Å². The van der Waals surface area contributed by atoms with Crippen LogP contribution in [0.25, 0.3) is 0 Å². The largest absolute Gasteiger partial charge is 0.463 e. The van der Waals surface area contributed by atoms with E-state index in [0.29, 0.717) is 17.8 Å². The van der Waals surface area contributed by atoms with Crippen molar-refractivity contribution in [1.29, 1.82) is 0 Å². The van der Waals surface area contributed by atoms with Gasteiger partial charge in [0.05, 0.1) is 17.8 Å². The minimum atomic E-state index is -0.291. The molecule has 1 saturated carbocycles. The molecule has 1 aliphatic heterocycles. The van der Waals surface area contributed by atoms with Gasteiger partial charge in [-0.2, -0.15) is 0 Å². The average molecular weight is 503 g/mol. The van der Waals surface area contributed by atoms with Crippen molar-refractivity contribution in [3.63, 3.8) is 0 Å². The monoisotopic (exact) mass is 502 g/mol. The Hall–Kier alpha value is -0.870. The molecule has 4 unspecified atom stereocenters. The molecule has 0 aromatic rings. The summed E-state index contributed by atoms with van der Waals surface area (Å²) in [5.74, 6) is 1.34. The summed E-state index contributed by atoms with van der Waals surface area (Å²) in [5.41, 5.74) is 4.07. The smallest absolute Gasteiger partial charge is 0.302 e. The van der Waals surface area contributed by atoms with Crippen molar-refractivity contribution in [2.45, 2.75) is 150 Å². The highest BCUT2D eigenvalue weighted by Crippen LogP contribution is 2.70. The molecule has 206 valence electrons. The molecule has 4 heteroatoms. The van der Waals surface area contributed by atoms with Crippen LogP contribution in [-0.4, -0.2) is 35.0 Å². The molecule has 4 nitrogen and oxygen atoms in total. The zero-order valence-electron chi connectivity index (χ0n) is 24.7.